The molecule has 0 saturated heterocycles. The molecule has 0 unspecified atom stereocenters. The molecule has 0 heterocycles. The molecule has 0 aromatic heterocycles. The number of carbonyl (C=O) groups excluding carboxylic acids is 1. The first-order valence-electron chi connectivity index (χ1n) is 3.94. The Labute approximate surface area is 73.3 Å². The highest BCUT2D eigenvalue weighted by Gasteiger charge is 2.21. The van der Waals surface area contributed by atoms with Crippen LogP contribution in [0.25, 0.3) is 0 Å². The third kappa shape index (κ3) is 4.73. The number of unbranched alkanes of at least 4 members (excludes halogenated alkanes) is 1. The van der Waals surface area contributed by atoms with Gasteiger partial charge in [0, 0.05) is 6.42 Å². The van der Waals surface area contributed by atoms with Crippen molar-refractivity contribution in [2.45, 2.75) is 38.7 Å². The molecule has 0 aromatic rings. The van der Waals surface area contributed by atoms with Gasteiger partial charge in [-0.2, -0.15) is 5.26 Å². The SMILES string of the molecule is [CH2]CCCC(=O)OC(C)(C)C#N. The molecule has 0 spiro atoms. The summed E-state index contributed by atoms with van der Waals surface area (Å²) in [7, 11) is 0. The first-order valence-corrected chi connectivity index (χ1v) is 3.94. The van der Waals surface area contributed by atoms with Crippen molar-refractivity contribution in [3.63, 3.8) is 0 Å². The maximum Gasteiger partial charge on any atom is 0.307 e. The lowest BCUT2D eigenvalue weighted by molar-refractivity contribution is -0.152. The Balaban J connectivity index is 3.78. The van der Waals surface area contributed by atoms with E-state index in [1.807, 2.05) is 6.07 Å². The van der Waals surface area contributed by atoms with Crippen LogP contribution in [0.15, 0.2) is 0 Å². The van der Waals surface area contributed by atoms with Gasteiger partial charge in [0.15, 0.2) is 5.60 Å². The molecule has 0 rings (SSSR count). The van der Waals surface area contributed by atoms with Crippen LogP contribution in [0, 0.1) is 18.3 Å². The van der Waals surface area contributed by atoms with Crippen molar-refractivity contribution >= 4 is 5.97 Å². The zero-order valence-corrected chi connectivity index (χ0v) is 7.59. The van der Waals surface area contributed by atoms with Crippen molar-refractivity contribution in [3.8, 4) is 6.07 Å². The zero-order valence-electron chi connectivity index (χ0n) is 7.59. The number of rotatable bonds is 4. The smallest absolute Gasteiger partial charge is 0.307 e. The van der Waals surface area contributed by atoms with Crippen molar-refractivity contribution in [2.75, 3.05) is 0 Å². The van der Waals surface area contributed by atoms with E-state index in [-0.39, 0.29) is 5.97 Å². The molecule has 67 valence electrons. The highest BCUT2D eigenvalue weighted by atomic mass is 16.6. The summed E-state index contributed by atoms with van der Waals surface area (Å²) in [4.78, 5) is 11.0. The van der Waals surface area contributed by atoms with Crippen molar-refractivity contribution in [3.05, 3.63) is 6.92 Å². The molecule has 0 aromatic carbocycles. The fraction of sp³-hybridized carbons (Fsp3) is 0.667. The van der Waals surface area contributed by atoms with Crippen LogP contribution in [0.5, 0.6) is 0 Å². The van der Waals surface area contributed by atoms with E-state index in [0.717, 1.165) is 0 Å². The van der Waals surface area contributed by atoms with E-state index in [4.69, 9.17) is 10.00 Å². The molecule has 3 nitrogen and oxygen atoms in total. The second-order valence-electron chi connectivity index (χ2n) is 3.05. The normalized spacial score (nSPS) is 10.5. The summed E-state index contributed by atoms with van der Waals surface area (Å²) >= 11 is 0. The average molecular weight is 168 g/mol. The van der Waals surface area contributed by atoms with Crippen LogP contribution in [0.1, 0.15) is 33.1 Å². The van der Waals surface area contributed by atoms with Gasteiger partial charge >= 0.3 is 5.97 Å². The maximum absolute atomic E-state index is 11.0. The lowest BCUT2D eigenvalue weighted by Crippen LogP contribution is -2.25. The van der Waals surface area contributed by atoms with Crippen molar-refractivity contribution in [1.82, 2.24) is 0 Å². The van der Waals surface area contributed by atoms with E-state index < -0.39 is 5.60 Å². The second-order valence-corrected chi connectivity index (χ2v) is 3.05. The van der Waals surface area contributed by atoms with E-state index in [9.17, 15) is 4.79 Å². The second kappa shape index (κ2) is 4.76. The maximum atomic E-state index is 11.0. The Kier molecular flexibility index (Phi) is 4.35. The third-order valence-corrected chi connectivity index (χ3v) is 1.27. The molecule has 0 amide bonds. The van der Waals surface area contributed by atoms with Crippen LogP contribution >= 0.6 is 0 Å². The van der Waals surface area contributed by atoms with E-state index in [2.05, 4.69) is 6.92 Å². The summed E-state index contributed by atoms with van der Waals surface area (Å²) in [6, 6.07) is 1.89. The highest BCUT2D eigenvalue weighted by Crippen LogP contribution is 2.09. The topological polar surface area (TPSA) is 50.1 Å². The van der Waals surface area contributed by atoms with Crippen molar-refractivity contribution < 1.29 is 9.53 Å². The summed E-state index contributed by atoms with van der Waals surface area (Å²) in [5.74, 6) is -0.329. The standard InChI is InChI=1S/C9H14NO2/c1-4-5-6-8(11)12-9(2,3)7-10/h1,4-6H2,2-3H3. The third-order valence-electron chi connectivity index (χ3n) is 1.27. The van der Waals surface area contributed by atoms with Gasteiger partial charge in [-0.3, -0.25) is 4.79 Å². The molecule has 0 bridgehead atoms. The molecule has 0 saturated carbocycles. The summed E-state index contributed by atoms with van der Waals surface area (Å²) in [5.41, 5.74) is -1.00. The molecule has 0 aliphatic heterocycles. The number of ether oxygens (including phenoxy) is 1. The highest BCUT2D eigenvalue weighted by molar-refractivity contribution is 5.70. The van der Waals surface area contributed by atoms with Crippen LogP contribution in [0.2, 0.25) is 0 Å². The Morgan fingerprint density at radius 3 is 2.67 bits per heavy atom. The predicted molar refractivity (Wildman–Crippen MR) is 45.0 cm³/mol. The molecule has 0 aliphatic rings. The number of nitriles is 1. The Bertz CT molecular complexity index is 191. The van der Waals surface area contributed by atoms with Crippen LogP contribution in [-0.4, -0.2) is 11.6 Å². The first kappa shape index (κ1) is 11.0. The number of carbonyl (C=O) groups is 1. The Morgan fingerprint density at radius 2 is 2.25 bits per heavy atom. The van der Waals surface area contributed by atoms with Crippen molar-refractivity contribution in [1.29, 1.82) is 5.26 Å². The van der Waals surface area contributed by atoms with Gasteiger partial charge in [0.2, 0.25) is 0 Å². The molecular formula is C9H14NO2. The fourth-order valence-electron chi connectivity index (χ4n) is 0.628. The van der Waals surface area contributed by atoms with Crippen LogP contribution < -0.4 is 0 Å². The number of nitrogens with zero attached hydrogens (tertiary/aromatic N) is 1. The number of hydrogen-bond donors (Lipinski definition) is 0. The van der Waals surface area contributed by atoms with Gasteiger partial charge in [-0.1, -0.05) is 13.3 Å². The van der Waals surface area contributed by atoms with E-state index in [1.165, 1.54) is 0 Å². The summed E-state index contributed by atoms with van der Waals surface area (Å²) in [6.45, 7) is 6.73. The van der Waals surface area contributed by atoms with Crippen LogP contribution in [0.3, 0.4) is 0 Å². The Morgan fingerprint density at radius 1 is 1.67 bits per heavy atom. The number of hydrogen-bond acceptors (Lipinski definition) is 3. The van der Waals surface area contributed by atoms with Gasteiger partial charge < -0.3 is 4.74 Å². The molecule has 0 atom stereocenters. The molecule has 0 N–H and O–H groups in total. The van der Waals surface area contributed by atoms with Gasteiger partial charge in [0.1, 0.15) is 6.07 Å². The first-order chi connectivity index (χ1) is 5.52. The fourth-order valence-corrected chi connectivity index (χ4v) is 0.628. The Hall–Kier alpha value is -1.04. The lowest BCUT2D eigenvalue weighted by Gasteiger charge is -2.15. The van der Waals surface area contributed by atoms with Gasteiger partial charge in [-0.05, 0) is 20.3 Å². The largest absolute Gasteiger partial charge is 0.444 e. The molecule has 0 fully saturated rings. The lowest BCUT2D eigenvalue weighted by atomic mass is 10.2. The quantitative estimate of drug-likeness (QED) is 0.602. The van der Waals surface area contributed by atoms with E-state index in [0.29, 0.717) is 19.3 Å². The average Bonchev–Trinajstić information content (AvgIpc) is 2.00. The van der Waals surface area contributed by atoms with E-state index >= 15 is 0 Å². The minimum absolute atomic E-state index is 0.329. The van der Waals surface area contributed by atoms with Gasteiger partial charge in [-0.25, -0.2) is 0 Å². The van der Waals surface area contributed by atoms with Gasteiger partial charge in [0.05, 0.1) is 0 Å². The van der Waals surface area contributed by atoms with Gasteiger partial charge in [-0.15, -0.1) is 0 Å². The molecule has 12 heavy (non-hydrogen) atoms. The molecule has 1 radical (unpaired) electrons. The molecular weight excluding hydrogens is 154 g/mol. The van der Waals surface area contributed by atoms with Gasteiger partial charge in [0.25, 0.3) is 0 Å². The predicted octanol–water partition coefficient (Wildman–Crippen LogP) is 1.84. The minimum atomic E-state index is -1.00. The minimum Gasteiger partial charge on any atom is -0.444 e. The zero-order chi connectivity index (χ0) is 9.61. The molecule has 3 heteroatoms. The number of esters is 1. The van der Waals surface area contributed by atoms with Crippen LogP contribution in [-0.2, 0) is 9.53 Å². The summed E-state index contributed by atoms with van der Waals surface area (Å²) < 4.78 is 4.86. The van der Waals surface area contributed by atoms with Crippen LogP contribution in [0.4, 0.5) is 0 Å². The molecule has 0 aliphatic carbocycles. The van der Waals surface area contributed by atoms with Crippen molar-refractivity contribution in [2.24, 2.45) is 0 Å². The summed E-state index contributed by atoms with van der Waals surface area (Å²) in [5, 5.41) is 8.53. The van der Waals surface area contributed by atoms with E-state index in [1.54, 1.807) is 13.8 Å². The monoisotopic (exact) mass is 168 g/mol. The summed E-state index contributed by atoms with van der Waals surface area (Å²) in [6.07, 6.45) is 1.76.